The predicted octanol–water partition coefficient (Wildman–Crippen LogP) is 3.56. The minimum atomic E-state index is -1.20. The highest BCUT2D eigenvalue weighted by atomic mass is 79.9. The van der Waals surface area contributed by atoms with Crippen molar-refractivity contribution in [3.05, 3.63) is 57.6 Å². The van der Waals surface area contributed by atoms with E-state index in [1.165, 1.54) is 27.1 Å². The van der Waals surface area contributed by atoms with Crippen LogP contribution in [0.2, 0.25) is 0 Å². The second-order valence-corrected chi connectivity index (χ2v) is 10.5. The lowest BCUT2D eigenvalue weighted by atomic mass is 9.83. The molecule has 0 aromatic heterocycles. The smallest absolute Gasteiger partial charge is 0.325 e. The average molecular weight is 634 g/mol. The maximum absolute atomic E-state index is 13.6. The van der Waals surface area contributed by atoms with Gasteiger partial charge in [0.2, 0.25) is 0 Å². The molecule has 1 unspecified atom stereocenters. The van der Waals surface area contributed by atoms with Gasteiger partial charge >= 0.3 is 5.97 Å². The van der Waals surface area contributed by atoms with Crippen LogP contribution in [0.1, 0.15) is 82.4 Å². The zero-order valence-corrected chi connectivity index (χ0v) is 26.0. The quantitative estimate of drug-likeness (QED) is 0.289. The molecule has 1 atom stereocenters. The maximum atomic E-state index is 13.6. The number of rotatable bonds is 10. The number of nitrogens with one attached hydrogen (secondary N) is 3. The van der Waals surface area contributed by atoms with Crippen molar-refractivity contribution in [3.63, 3.8) is 0 Å². The minimum Gasteiger partial charge on any atom is -0.496 e. The lowest BCUT2D eigenvalue weighted by Gasteiger charge is -2.25. The molecular formula is C29H37BrN4O7. The zero-order valence-electron chi connectivity index (χ0n) is 24.3. The van der Waals surface area contributed by atoms with Gasteiger partial charge in [0.1, 0.15) is 23.4 Å². The SMILES string of the molecule is Br.CCOc1cc2c(cc1C(=O)NC)C(=N)N(CC(=O)c1cc(C(=O)NC(C)C(=O)O)c(OC)c(C(C)(C)C)c1)C2. The number of amidine groups is 1. The topological polar surface area (TPSA) is 158 Å². The van der Waals surface area contributed by atoms with E-state index in [9.17, 15) is 24.3 Å². The number of Topliss-reactive ketones (excluding diaryl/α,β-unsaturated/α-hetero) is 1. The molecule has 2 aromatic rings. The molecule has 1 aliphatic rings. The number of ether oxygens (including phenoxy) is 2. The molecule has 0 saturated carbocycles. The van der Waals surface area contributed by atoms with Crippen LogP contribution in [0.25, 0.3) is 0 Å². The van der Waals surface area contributed by atoms with Gasteiger partial charge in [0.25, 0.3) is 11.8 Å². The molecule has 4 N–H and O–H groups in total. The number of amides is 2. The second kappa shape index (κ2) is 13.2. The van der Waals surface area contributed by atoms with Gasteiger partial charge < -0.3 is 30.1 Å². The monoisotopic (exact) mass is 632 g/mol. The first kappa shape index (κ1) is 33.3. The molecule has 0 fully saturated rings. The van der Waals surface area contributed by atoms with Gasteiger partial charge in [0.15, 0.2) is 5.78 Å². The lowest BCUT2D eigenvalue weighted by molar-refractivity contribution is -0.138. The molecule has 11 nitrogen and oxygen atoms in total. The van der Waals surface area contributed by atoms with Gasteiger partial charge in [-0.1, -0.05) is 20.8 Å². The highest BCUT2D eigenvalue weighted by molar-refractivity contribution is 8.93. The summed E-state index contributed by atoms with van der Waals surface area (Å²) >= 11 is 0. The fourth-order valence-corrected chi connectivity index (χ4v) is 4.49. The van der Waals surface area contributed by atoms with Crippen molar-refractivity contribution in [1.82, 2.24) is 15.5 Å². The number of carbonyl (C=O) groups excluding carboxylic acids is 3. The number of carbonyl (C=O) groups is 4. The van der Waals surface area contributed by atoms with Crippen molar-refractivity contribution >= 4 is 46.4 Å². The Kier molecular flexibility index (Phi) is 10.7. The van der Waals surface area contributed by atoms with Gasteiger partial charge in [-0.2, -0.15) is 0 Å². The van der Waals surface area contributed by atoms with E-state index in [0.29, 0.717) is 29.0 Å². The summed E-state index contributed by atoms with van der Waals surface area (Å²) in [4.78, 5) is 52.0. The summed E-state index contributed by atoms with van der Waals surface area (Å²) in [5, 5.41) is 22.9. The first-order valence-electron chi connectivity index (χ1n) is 12.9. The standard InChI is InChI=1S/C29H36N4O7.BrH/c1-8-40-23-11-17-13-33(25(30)18(17)12-19(23)26(35)31-6)14-22(34)16-9-20(27(36)32-15(2)28(37)38)24(39-7)21(10-16)29(3,4)5;/h9-12,15,30H,8,13-14H2,1-7H3,(H,31,35)(H,32,36)(H,37,38);1H. The molecule has 0 saturated heterocycles. The number of benzene rings is 2. The van der Waals surface area contributed by atoms with Crippen LogP contribution in [-0.4, -0.2) is 72.8 Å². The van der Waals surface area contributed by atoms with Crippen molar-refractivity contribution in [3.8, 4) is 11.5 Å². The molecule has 3 rings (SSSR count). The highest BCUT2D eigenvalue weighted by Gasteiger charge is 2.31. The predicted molar refractivity (Wildman–Crippen MR) is 159 cm³/mol. The van der Waals surface area contributed by atoms with Crippen LogP contribution in [-0.2, 0) is 16.8 Å². The highest BCUT2D eigenvalue weighted by Crippen LogP contribution is 2.36. The molecule has 1 aliphatic heterocycles. The Bertz CT molecular complexity index is 1380. The molecule has 222 valence electrons. The number of carboxylic acid groups (broad SMARTS) is 1. The van der Waals surface area contributed by atoms with Crippen LogP contribution < -0.4 is 20.1 Å². The van der Waals surface area contributed by atoms with Gasteiger partial charge in [0, 0.05) is 30.3 Å². The summed E-state index contributed by atoms with van der Waals surface area (Å²) in [7, 11) is 2.93. The third kappa shape index (κ3) is 7.05. The van der Waals surface area contributed by atoms with Gasteiger partial charge in [-0.15, -0.1) is 17.0 Å². The van der Waals surface area contributed by atoms with Crippen molar-refractivity contribution < 1.29 is 33.8 Å². The van der Waals surface area contributed by atoms with Crippen LogP contribution in [0.15, 0.2) is 24.3 Å². The number of halogens is 1. The first-order valence-corrected chi connectivity index (χ1v) is 12.9. The Morgan fingerprint density at radius 2 is 1.76 bits per heavy atom. The molecule has 2 aromatic carbocycles. The molecule has 12 heteroatoms. The van der Waals surface area contributed by atoms with E-state index in [1.807, 2.05) is 27.7 Å². The number of carboxylic acids is 1. The van der Waals surface area contributed by atoms with Gasteiger partial charge in [-0.05, 0) is 49.1 Å². The summed E-state index contributed by atoms with van der Waals surface area (Å²) in [6.07, 6.45) is 0. The van der Waals surface area contributed by atoms with E-state index < -0.39 is 23.3 Å². The Balaban J connectivity index is 0.00000588. The number of aliphatic carboxylic acids is 1. The number of hydrogen-bond acceptors (Lipinski definition) is 7. The summed E-state index contributed by atoms with van der Waals surface area (Å²) in [6.45, 7) is 9.35. The lowest BCUT2D eigenvalue weighted by Crippen LogP contribution is -2.38. The molecule has 0 radical (unpaired) electrons. The summed E-state index contributed by atoms with van der Waals surface area (Å²) < 4.78 is 11.2. The van der Waals surface area contributed by atoms with E-state index in [1.54, 1.807) is 23.1 Å². The van der Waals surface area contributed by atoms with E-state index in [4.69, 9.17) is 14.9 Å². The molecule has 0 aliphatic carbocycles. The fraction of sp³-hybridized carbons (Fsp3) is 0.414. The molecular weight excluding hydrogens is 596 g/mol. The summed E-state index contributed by atoms with van der Waals surface area (Å²) in [5.41, 5.74) is 1.94. The third-order valence-corrected chi connectivity index (χ3v) is 6.63. The van der Waals surface area contributed by atoms with E-state index in [0.717, 1.165) is 5.56 Å². The largest absolute Gasteiger partial charge is 0.496 e. The molecule has 0 bridgehead atoms. The van der Waals surface area contributed by atoms with Crippen LogP contribution in [0.3, 0.4) is 0 Å². The Morgan fingerprint density at radius 3 is 2.29 bits per heavy atom. The number of methoxy groups -OCH3 is 1. The van der Waals surface area contributed by atoms with Crippen molar-refractivity contribution in [2.24, 2.45) is 0 Å². The first-order chi connectivity index (χ1) is 18.7. The molecule has 1 heterocycles. The molecule has 41 heavy (non-hydrogen) atoms. The Labute approximate surface area is 249 Å². The minimum absolute atomic E-state index is 0. The summed E-state index contributed by atoms with van der Waals surface area (Å²) in [5.74, 6) is -1.82. The second-order valence-electron chi connectivity index (χ2n) is 10.5. The number of fused-ring (bicyclic) bond motifs is 1. The Hall–Kier alpha value is -3.93. The van der Waals surface area contributed by atoms with Crippen molar-refractivity contribution in [2.45, 2.75) is 52.6 Å². The molecule has 0 spiro atoms. The van der Waals surface area contributed by atoms with E-state index in [-0.39, 0.29) is 64.5 Å². The van der Waals surface area contributed by atoms with Gasteiger partial charge in [-0.3, -0.25) is 24.6 Å². The maximum Gasteiger partial charge on any atom is 0.325 e. The van der Waals surface area contributed by atoms with Crippen molar-refractivity contribution in [2.75, 3.05) is 27.3 Å². The Morgan fingerprint density at radius 1 is 1.10 bits per heavy atom. The van der Waals surface area contributed by atoms with Crippen molar-refractivity contribution in [1.29, 1.82) is 5.41 Å². The normalized spacial score (nSPS) is 13.0. The van der Waals surface area contributed by atoms with Gasteiger partial charge in [0.05, 0.1) is 31.4 Å². The average Bonchev–Trinajstić information content (AvgIpc) is 3.19. The van der Waals surface area contributed by atoms with Crippen LogP contribution in [0.5, 0.6) is 11.5 Å². The van der Waals surface area contributed by atoms with Crippen LogP contribution in [0, 0.1) is 5.41 Å². The third-order valence-electron chi connectivity index (χ3n) is 6.63. The number of hydrogen-bond donors (Lipinski definition) is 4. The molecule has 2 amide bonds. The fourth-order valence-electron chi connectivity index (χ4n) is 4.49. The van der Waals surface area contributed by atoms with E-state index in [2.05, 4.69) is 10.6 Å². The summed E-state index contributed by atoms with van der Waals surface area (Å²) in [6, 6.07) is 5.23. The zero-order chi connectivity index (χ0) is 29.9. The van der Waals surface area contributed by atoms with Crippen LogP contribution >= 0.6 is 17.0 Å². The van der Waals surface area contributed by atoms with E-state index >= 15 is 0 Å². The number of ketones is 1. The van der Waals surface area contributed by atoms with Gasteiger partial charge in [-0.25, -0.2) is 0 Å². The van der Waals surface area contributed by atoms with Crippen LogP contribution in [0.4, 0.5) is 0 Å². The number of nitrogens with zero attached hydrogens (tertiary/aromatic N) is 1.